The van der Waals surface area contributed by atoms with Crippen molar-refractivity contribution in [1.29, 1.82) is 0 Å². The van der Waals surface area contributed by atoms with Crippen molar-refractivity contribution >= 4 is 23.6 Å². The molecule has 0 spiro atoms. The van der Waals surface area contributed by atoms with E-state index < -0.39 is 0 Å². The lowest BCUT2D eigenvalue weighted by Crippen LogP contribution is -2.34. The molecule has 2 amide bonds. The van der Waals surface area contributed by atoms with E-state index in [9.17, 15) is 9.59 Å². The van der Waals surface area contributed by atoms with E-state index in [0.29, 0.717) is 11.7 Å². The van der Waals surface area contributed by atoms with Crippen molar-refractivity contribution < 1.29 is 9.59 Å². The highest BCUT2D eigenvalue weighted by Crippen LogP contribution is 2.08. The molecule has 0 saturated carbocycles. The normalized spacial score (nSPS) is 13.7. The van der Waals surface area contributed by atoms with Gasteiger partial charge in [-0.25, -0.2) is 0 Å². The summed E-state index contributed by atoms with van der Waals surface area (Å²) < 4.78 is 0. The largest absolute Gasteiger partial charge is 0.358 e. The van der Waals surface area contributed by atoms with Crippen molar-refractivity contribution in [3.63, 3.8) is 0 Å². The molecule has 0 atom stereocenters. The molecule has 1 fully saturated rings. The Hall–Kier alpha value is -0.710. The van der Waals surface area contributed by atoms with Gasteiger partial charge in [-0.15, -0.1) is 0 Å². The first-order valence-corrected chi connectivity index (χ1v) is 8.37. The van der Waals surface area contributed by atoms with Gasteiger partial charge in [-0.05, 0) is 25.5 Å². The minimum Gasteiger partial charge on any atom is -0.358 e. The van der Waals surface area contributed by atoms with E-state index in [2.05, 4.69) is 5.32 Å². The fourth-order valence-electron chi connectivity index (χ4n) is 1.46. The molecular weight excluding hydrogens is 260 g/mol. The molecule has 5 heteroatoms. The predicted octanol–water partition coefficient (Wildman–Crippen LogP) is 2.53. The second kappa shape index (κ2) is 15.3. The van der Waals surface area contributed by atoms with Crippen LogP contribution in [-0.2, 0) is 9.59 Å². The average Bonchev–Trinajstić information content (AvgIpc) is 2.48. The highest BCUT2D eigenvalue weighted by atomic mass is 32.2. The van der Waals surface area contributed by atoms with Gasteiger partial charge >= 0.3 is 0 Å². The van der Waals surface area contributed by atoms with E-state index in [-0.39, 0.29) is 5.91 Å². The zero-order chi connectivity index (χ0) is 15.1. The van der Waals surface area contributed by atoms with Gasteiger partial charge < -0.3 is 10.2 Å². The minimum absolute atomic E-state index is 0.108. The topological polar surface area (TPSA) is 49.4 Å². The molecule has 1 rings (SSSR count). The molecule has 1 heterocycles. The summed E-state index contributed by atoms with van der Waals surface area (Å²) in [6, 6.07) is 0. The average molecular weight is 290 g/mol. The Morgan fingerprint density at radius 1 is 1.32 bits per heavy atom. The zero-order valence-electron chi connectivity index (χ0n) is 13.1. The van der Waals surface area contributed by atoms with Crippen molar-refractivity contribution in [2.45, 2.75) is 47.0 Å². The second-order valence-electron chi connectivity index (χ2n) is 3.74. The van der Waals surface area contributed by atoms with Gasteiger partial charge in [0.15, 0.2) is 0 Å². The molecule has 0 unspecified atom stereocenters. The van der Waals surface area contributed by atoms with Gasteiger partial charge in [0.2, 0.25) is 11.8 Å². The molecule has 0 bridgehead atoms. The van der Waals surface area contributed by atoms with E-state index >= 15 is 0 Å². The maximum absolute atomic E-state index is 11.0. The zero-order valence-corrected chi connectivity index (χ0v) is 13.9. The summed E-state index contributed by atoms with van der Waals surface area (Å²) in [7, 11) is 1.65. The van der Waals surface area contributed by atoms with E-state index in [1.54, 1.807) is 18.8 Å². The third-order valence-electron chi connectivity index (χ3n) is 2.52. The third kappa shape index (κ3) is 12.1. The summed E-state index contributed by atoms with van der Waals surface area (Å²) in [5.41, 5.74) is 0. The standard InChI is InChI=1S/C7H13NO.C5H11NOS.C2H6/c1-2-8-6-4-3-5-7(8)9;1-3-8-4-5(7)6-2;1-2/h2-6H2,1H3;3-4H2,1-2H3,(H,6,7);1-2H3. The maximum Gasteiger partial charge on any atom is 0.229 e. The van der Waals surface area contributed by atoms with Gasteiger partial charge in [0.25, 0.3) is 0 Å². The van der Waals surface area contributed by atoms with Crippen molar-refractivity contribution in [3.8, 4) is 0 Å². The minimum atomic E-state index is 0.108. The smallest absolute Gasteiger partial charge is 0.229 e. The first-order valence-electron chi connectivity index (χ1n) is 7.21. The molecule has 0 aliphatic carbocycles. The van der Waals surface area contributed by atoms with E-state index in [4.69, 9.17) is 0 Å². The van der Waals surface area contributed by atoms with Crippen LogP contribution in [-0.4, -0.2) is 48.4 Å². The van der Waals surface area contributed by atoms with Crippen LogP contribution in [0.3, 0.4) is 0 Å². The number of hydrogen-bond acceptors (Lipinski definition) is 3. The number of likely N-dealkylation sites (tertiary alicyclic amines) is 1. The molecule has 0 aromatic carbocycles. The Bertz CT molecular complexity index is 235. The van der Waals surface area contributed by atoms with Crippen LogP contribution >= 0.6 is 11.8 Å². The van der Waals surface area contributed by atoms with Gasteiger partial charge in [0.1, 0.15) is 0 Å². The monoisotopic (exact) mass is 290 g/mol. The molecule has 0 radical (unpaired) electrons. The molecule has 1 N–H and O–H groups in total. The Kier molecular flexibility index (Phi) is 16.6. The summed E-state index contributed by atoms with van der Waals surface area (Å²) in [6.07, 6.45) is 3.06. The van der Waals surface area contributed by atoms with Crippen LogP contribution in [0.15, 0.2) is 0 Å². The molecule has 4 nitrogen and oxygen atoms in total. The van der Waals surface area contributed by atoms with Crippen molar-refractivity contribution in [1.82, 2.24) is 10.2 Å². The fourth-order valence-corrected chi connectivity index (χ4v) is 2.00. The number of carbonyl (C=O) groups excluding carboxylic acids is 2. The van der Waals surface area contributed by atoms with E-state index in [1.807, 2.05) is 32.6 Å². The van der Waals surface area contributed by atoms with Gasteiger partial charge in [-0.2, -0.15) is 11.8 Å². The van der Waals surface area contributed by atoms with Crippen LogP contribution in [0.2, 0.25) is 0 Å². The van der Waals surface area contributed by atoms with Crippen LogP contribution in [0.25, 0.3) is 0 Å². The van der Waals surface area contributed by atoms with Crippen molar-refractivity contribution in [3.05, 3.63) is 0 Å². The van der Waals surface area contributed by atoms with Crippen molar-refractivity contribution in [2.24, 2.45) is 0 Å². The number of nitrogens with zero attached hydrogens (tertiary/aromatic N) is 1. The Morgan fingerprint density at radius 3 is 2.32 bits per heavy atom. The number of nitrogens with one attached hydrogen (secondary N) is 1. The summed E-state index contributed by atoms with van der Waals surface area (Å²) in [5, 5.41) is 2.54. The molecule has 1 aliphatic rings. The highest BCUT2D eigenvalue weighted by Gasteiger charge is 2.14. The summed E-state index contributed by atoms with van der Waals surface area (Å²) >= 11 is 1.63. The van der Waals surface area contributed by atoms with Crippen molar-refractivity contribution in [2.75, 3.05) is 31.6 Å². The lowest BCUT2D eigenvalue weighted by molar-refractivity contribution is -0.133. The number of piperidine rings is 1. The van der Waals surface area contributed by atoms with Crippen LogP contribution in [0, 0.1) is 0 Å². The predicted molar refractivity (Wildman–Crippen MR) is 84.5 cm³/mol. The summed E-state index contributed by atoms with van der Waals surface area (Å²) in [6.45, 7) is 9.94. The fraction of sp³-hybridized carbons (Fsp3) is 0.857. The van der Waals surface area contributed by atoms with Gasteiger partial charge in [0.05, 0.1) is 5.75 Å². The quantitative estimate of drug-likeness (QED) is 0.865. The van der Waals surface area contributed by atoms with Crippen LogP contribution in [0.4, 0.5) is 0 Å². The van der Waals surface area contributed by atoms with E-state index in [0.717, 1.165) is 31.7 Å². The van der Waals surface area contributed by atoms with Gasteiger partial charge in [0, 0.05) is 26.6 Å². The summed E-state index contributed by atoms with van der Waals surface area (Å²) in [5.74, 6) is 2.04. The molecular formula is C14H30N2O2S. The third-order valence-corrected chi connectivity index (χ3v) is 3.39. The molecule has 1 aliphatic heterocycles. The lowest BCUT2D eigenvalue weighted by Gasteiger charge is -2.24. The maximum atomic E-state index is 11.0. The van der Waals surface area contributed by atoms with E-state index in [1.165, 1.54) is 6.42 Å². The molecule has 0 aromatic rings. The highest BCUT2D eigenvalue weighted by molar-refractivity contribution is 7.99. The number of hydrogen-bond donors (Lipinski definition) is 1. The number of rotatable bonds is 4. The number of amides is 2. The summed E-state index contributed by atoms with van der Waals surface area (Å²) in [4.78, 5) is 23.3. The van der Waals surface area contributed by atoms with Crippen LogP contribution < -0.4 is 5.32 Å². The molecule has 0 aromatic heterocycles. The number of thioether (sulfide) groups is 1. The lowest BCUT2D eigenvalue weighted by atomic mass is 10.1. The Morgan fingerprint density at radius 2 is 1.95 bits per heavy atom. The van der Waals surface area contributed by atoms with Gasteiger partial charge in [-0.3, -0.25) is 9.59 Å². The first-order chi connectivity index (χ1) is 9.15. The Balaban J connectivity index is 0. The van der Waals surface area contributed by atoms with Crippen LogP contribution in [0.1, 0.15) is 47.0 Å². The SMILES string of the molecule is CC.CCN1CCCCC1=O.CCSCC(=O)NC. The first kappa shape index (κ1) is 20.6. The molecule has 19 heavy (non-hydrogen) atoms. The van der Waals surface area contributed by atoms with Crippen LogP contribution in [0.5, 0.6) is 0 Å². The molecule has 1 saturated heterocycles. The molecule has 114 valence electrons. The Labute approximate surface area is 122 Å². The van der Waals surface area contributed by atoms with Gasteiger partial charge in [-0.1, -0.05) is 20.8 Å². The second-order valence-corrected chi connectivity index (χ2v) is 5.02. The number of carbonyl (C=O) groups is 2.